The summed E-state index contributed by atoms with van der Waals surface area (Å²) in [6.45, 7) is 14.6. The van der Waals surface area contributed by atoms with E-state index in [4.69, 9.17) is 9.47 Å². The highest BCUT2D eigenvalue weighted by Crippen LogP contribution is 2.28. The summed E-state index contributed by atoms with van der Waals surface area (Å²) in [4.78, 5) is 12.1. The minimum atomic E-state index is -1.46. The molecule has 30 heavy (non-hydrogen) atoms. The van der Waals surface area contributed by atoms with Gasteiger partial charge in [0.25, 0.3) is 0 Å². The fraction of sp³-hybridized carbons (Fsp3) is 0.435. The zero-order valence-corrected chi connectivity index (χ0v) is 19.9. The predicted octanol–water partition coefficient (Wildman–Crippen LogP) is 4.12. The summed E-state index contributed by atoms with van der Waals surface area (Å²) in [7, 11) is -1.46. The van der Waals surface area contributed by atoms with Gasteiger partial charge in [-0.25, -0.2) is 4.79 Å². The molecular weight excluding hydrogens is 394 g/mol. The zero-order chi connectivity index (χ0) is 22.5. The van der Waals surface area contributed by atoms with Crippen molar-refractivity contribution in [2.75, 3.05) is 6.61 Å². The second-order valence-corrected chi connectivity index (χ2v) is 13.5. The molecule has 0 N–H and O–H groups in total. The van der Waals surface area contributed by atoms with E-state index in [9.17, 15) is 10.1 Å². The second-order valence-electron chi connectivity index (χ2n) is 8.46. The molecule has 0 aliphatic carbocycles. The van der Waals surface area contributed by atoms with Crippen LogP contribution in [-0.4, -0.2) is 36.5 Å². The first-order valence-corrected chi connectivity index (χ1v) is 13.7. The lowest BCUT2D eigenvalue weighted by Gasteiger charge is -2.18. The number of carbonyl (C=O) groups excluding carboxylic acids is 1. The van der Waals surface area contributed by atoms with Crippen LogP contribution >= 0.6 is 0 Å². The van der Waals surface area contributed by atoms with Gasteiger partial charge in [-0.1, -0.05) is 49.1 Å². The summed E-state index contributed by atoms with van der Waals surface area (Å²) in [5.74, 6) is -0.144. The monoisotopic (exact) mass is 425 g/mol. The Morgan fingerprint density at radius 1 is 1.23 bits per heavy atom. The van der Waals surface area contributed by atoms with E-state index in [1.807, 2.05) is 32.0 Å². The van der Waals surface area contributed by atoms with Gasteiger partial charge in [-0.2, -0.15) is 10.4 Å². The number of hydrogen-bond acceptors (Lipinski definition) is 5. The lowest BCUT2D eigenvalue weighted by Crippen LogP contribution is -2.37. The maximum atomic E-state index is 12.1. The molecule has 0 atom stereocenters. The second kappa shape index (κ2) is 9.77. The van der Waals surface area contributed by atoms with Crippen molar-refractivity contribution in [3.05, 3.63) is 47.3 Å². The van der Waals surface area contributed by atoms with Crippen molar-refractivity contribution in [1.82, 2.24) is 9.78 Å². The van der Waals surface area contributed by atoms with E-state index in [0.717, 1.165) is 11.3 Å². The zero-order valence-electron chi connectivity index (χ0n) is 18.9. The Hall–Kier alpha value is -2.85. The number of benzene rings is 1. The lowest BCUT2D eigenvalue weighted by molar-refractivity contribution is -0.150. The molecule has 0 radical (unpaired) electrons. The van der Waals surface area contributed by atoms with Crippen LogP contribution in [0.2, 0.25) is 19.6 Å². The third kappa shape index (κ3) is 5.83. The van der Waals surface area contributed by atoms with Crippen LogP contribution in [0.5, 0.6) is 0 Å². The quantitative estimate of drug-likeness (QED) is 0.275. The van der Waals surface area contributed by atoms with Gasteiger partial charge < -0.3 is 9.47 Å². The number of aryl methyl sites for hydroxylation is 2. The number of nitrogens with zero attached hydrogens (tertiary/aromatic N) is 3. The number of rotatable bonds is 8. The third-order valence-electron chi connectivity index (χ3n) is 4.51. The predicted molar refractivity (Wildman–Crippen MR) is 122 cm³/mol. The standard InChI is InChI=1S/C23H31N3O3Si/c1-8-26-21(13-17(4)25-26)23(28-15-22(27)29-16(2)3)20(14-24)18-9-11-19(12-10-18)30(5,6)7/h9-13,16H,8,15H2,1-7H3. The van der Waals surface area contributed by atoms with Gasteiger partial charge in [0.1, 0.15) is 17.3 Å². The van der Waals surface area contributed by atoms with Crippen LogP contribution in [-0.2, 0) is 20.8 Å². The van der Waals surface area contributed by atoms with Gasteiger partial charge in [0.2, 0.25) is 0 Å². The number of ether oxygens (including phenoxy) is 2. The van der Waals surface area contributed by atoms with Crippen molar-refractivity contribution in [2.24, 2.45) is 0 Å². The first kappa shape index (κ1) is 23.4. The molecule has 2 aromatic rings. The molecular formula is C23H31N3O3Si. The van der Waals surface area contributed by atoms with Crippen molar-refractivity contribution in [3.63, 3.8) is 0 Å². The number of allylic oxidation sites excluding steroid dienone is 1. The van der Waals surface area contributed by atoms with Gasteiger partial charge in [-0.3, -0.25) is 4.68 Å². The molecule has 0 fully saturated rings. The Kier molecular flexibility index (Phi) is 7.63. The number of aromatic nitrogens is 2. The Balaban J connectivity index is 2.54. The number of esters is 1. The first-order chi connectivity index (χ1) is 14.1. The van der Waals surface area contributed by atoms with Crippen LogP contribution < -0.4 is 5.19 Å². The molecule has 0 saturated carbocycles. The van der Waals surface area contributed by atoms with Gasteiger partial charge >= 0.3 is 5.97 Å². The molecule has 0 saturated heterocycles. The largest absolute Gasteiger partial charge is 0.478 e. The minimum Gasteiger partial charge on any atom is -0.478 e. The minimum absolute atomic E-state index is 0.235. The molecule has 1 aromatic carbocycles. The Morgan fingerprint density at radius 2 is 1.87 bits per heavy atom. The van der Waals surface area contributed by atoms with Gasteiger partial charge in [0.05, 0.1) is 19.9 Å². The van der Waals surface area contributed by atoms with Gasteiger partial charge in [0.15, 0.2) is 12.4 Å². The van der Waals surface area contributed by atoms with Crippen LogP contribution in [0.3, 0.4) is 0 Å². The van der Waals surface area contributed by atoms with Crippen molar-refractivity contribution in [1.29, 1.82) is 5.26 Å². The Morgan fingerprint density at radius 3 is 2.37 bits per heavy atom. The van der Waals surface area contributed by atoms with Gasteiger partial charge in [-0.05, 0) is 39.3 Å². The van der Waals surface area contributed by atoms with Crippen LogP contribution in [0, 0.1) is 18.3 Å². The Labute approximate surface area is 180 Å². The van der Waals surface area contributed by atoms with Gasteiger partial charge in [-0.15, -0.1) is 0 Å². The van der Waals surface area contributed by atoms with Gasteiger partial charge in [0, 0.05) is 6.54 Å². The van der Waals surface area contributed by atoms with E-state index < -0.39 is 14.0 Å². The van der Waals surface area contributed by atoms with Crippen LogP contribution in [0.1, 0.15) is 37.7 Å². The van der Waals surface area contributed by atoms with E-state index in [1.54, 1.807) is 18.5 Å². The van der Waals surface area contributed by atoms with E-state index >= 15 is 0 Å². The number of hydrogen-bond donors (Lipinski definition) is 0. The molecule has 6 nitrogen and oxygen atoms in total. The SMILES string of the molecule is CCn1nc(C)cc1C(OCC(=O)OC(C)C)=C(C#N)c1ccc([Si](C)(C)C)cc1. The van der Waals surface area contributed by atoms with E-state index in [1.165, 1.54) is 5.19 Å². The normalized spacial score (nSPS) is 12.4. The maximum absolute atomic E-state index is 12.1. The van der Waals surface area contributed by atoms with Crippen molar-refractivity contribution in [3.8, 4) is 6.07 Å². The lowest BCUT2D eigenvalue weighted by atomic mass is 10.0. The first-order valence-electron chi connectivity index (χ1n) is 10.2. The third-order valence-corrected chi connectivity index (χ3v) is 6.58. The summed E-state index contributed by atoms with van der Waals surface area (Å²) in [6, 6.07) is 12.2. The molecule has 1 aromatic heterocycles. The molecule has 0 bridgehead atoms. The summed E-state index contributed by atoms with van der Waals surface area (Å²) in [5.41, 5.74) is 2.58. The van der Waals surface area contributed by atoms with Crippen molar-refractivity contribution in [2.45, 2.75) is 60.0 Å². The van der Waals surface area contributed by atoms with E-state index in [0.29, 0.717) is 23.6 Å². The molecule has 0 amide bonds. The van der Waals surface area contributed by atoms with Crippen LogP contribution in [0.25, 0.3) is 11.3 Å². The average Bonchev–Trinajstić information content (AvgIpc) is 3.04. The number of carbonyl (C=O) groups is 1. The van der Waals surface area contributed by atoms with Crippen LogP contribution in [0.4, 0.5) is 0 Å². The average molecular weight is 426 g/mol. The van der Waals surface area contributed by atoms with Crippen molar-refractivity contribution < 1.29 is 14.3 Å². The molecule has 0 unspecified atom stereocenters. The molecule has 160 valence electrons. The molecule has 1 heterocycles. The van der Waals surface area contributed by atoms with E-state index in [2.05, 4.69) is 42.9 Å². The molecule has 2 rings (SSSR count). The molecule has 0 aliphatic heterocycles. The highest BCUT2D eigenvalue weighted by atomic mass is 28.3. The van der Waals surface area contributed by atoms with E-state index in [-0.39, 0.29) is 12.7 Å². The summed E-state index contributed by atoms with van der Waals surface area (Å²) in [5, 5.41) is 15.8. The van der Waals surface area contributed by atoms with Crippen LogP contribution in [0.15, 0.2) is 30.3 Å². The molecule has 7 heteroatoms. The van der Waals surface area contributed by atoms with Crippen molar-refractivity contribution >= 4 is 30.6 Å². The summed E-state index contributed by atoms with van der Waals surface area (Å²) in [6.07, 6.45) is -0.235. The molecule has 0 spiro atoms. The highest BCUT2D eigenvalue weighted by molar-refractivity contribution is 6.88. The summed E-state index contributed by atoms with van der Waals surface area (Å²) < 4.78 is 12.8. The fourth-order valence-electron chi connectivity index (χ4n) is 3.05. The summed E-state index contributed by atoms with van der Waals surface area (Å²) >= 11 is 0. The number of nitriles is 1. The maximum Gasteiger partial charge on any atom is 0.344 e. The molecule has 0 aliphatic rings. The fourth-order valence-corrected chi connectivity index (χ4v) is 4.22. The highest BCUT2D eigenvalue weighted by Gasteiger charge is 2.21. The smallest absolute Gasteiger partial charge is 0.344 e. The Bertz CT molecular complexity index is 961. The topological polar surface area (TPSA) is 77.1 Å².